The van der Waals surface area contributed by atoms with Crippen LogP contribution in [0.3, 0.4) is 0 Å². The smallest absolute Gasteiger partial charge is 0.328 e. The van der Waals surface area contributed by atoms with Crippen molar-refractivity contribution in [1.82, 2.24) is 26.6 Å². The first-order chi connectivity index (χ1) is 17.1. The molecule has 206 valence electrons. The standard InChI is InChI=1S/C23H41N5O7S/c1-4-6-8-15(25-19(30)14-9-7-10-24-14)20(31)27-17(12-36)21(32)28-18(13(3)5-2)22(33)26-16(11-29)23(34)35/h13-18,24,29,36H,4-12H2,1-3H3,(H,25,30)(H,26,33)(H,27,31)(H,28,32)(H,34,35)/t13-,14-,15-,16-,17-,18-/m0/s1. The number of carbonyl (C=O) groups is 5. The van der Waals surface area contributed by atoms with E-state index in [0.717, 1.165) is 19.4 Å². The Morgan fingerprint density at radius 2 is 1.61 bits per heavy atom. The van der Waals surface area contributed by atoms with Crippen molar-refractivity contribution >= 4 is 42.2 Å². The molecule has 6 atom stereocenters. The van der Waals surface area contributed by atoms with Crippen molar-refractivity contribution in [3.63, 3.8) is 0 Å². The maximum Gasteiger partial charge on any atom is 0.328 e. The average molecular weight is 532 g/mol. The first kappa shape index (κ1) is 31.6. The highest BCUT2D eigenvalue weighted by Crippen LogP contribution is 2.10. The number of unbranched alkanes of at least 4 members (excludes halogenated alkanes) is 1. The van der Waals surface area contributed by atoms with E-state index in [4.69, 9.17) is 5.11 Å². The molecule has 36 heavy (non-hydrogen) atoms. The summed E-state index contributed by atoms with van der Waals surface area (Å²) in [4.78, 5) is 62.4. The number of aliphatic hydroxyl groups excluding tert-OH is 1. The third-order valence-electron chi connectivity index (χ3n) is 6.26. The molecule has 0 saturated carbocycles. The number of carboxylic acids is 1. The summed E-state index contributed by atoms with van der Waals surface area (Å²) in [6.45, 7) is 5.41. The summed E-state index contributed by atoms with van der Waals surface area (Å²) in [5, 5.41) is 31.6. The Morgan fingerprint density at radius 3 is 2.11 bits per heavy atom. The number of carboxylic acid groups (broad SMARTS) is 1. The second-order valence-corrected chi connectivity index (χ2v) is 9.42. The fourth-order valence-electron chi connectivity index (χ4n) is 3.73. The third-order valence-corrected chi connectivity index (χ3v) is 6.63. The Labute approximate surface area is 217 Å². The first-order valence-electron chi connectivity index (χ1n) is 12.5. The predicted octanol–water partition coefficient (Wildman–Crippen LogP) is -1.08. The fraction of sp³-hybridized carbons (Fsp3) is 0.783. The molecule has 0 radical (unpaired) electrons. The Hall–Kier alpha value is -2.38. The van der Waals surface area contributed by atoms with Gasteiger partial charge in [0.15, 0.2) is 0 Å². The zero-order chi connectivity index (χ0) is 27.3. The van der Waals surface area contributed by atoms with Crippen LogP contribution in [0.2, 0.25) is 0 Å². The lowest BCUT2D eigenvalue weighted by Gasteiger charge is -2.28. The van der Waals surface area contributed by atoms with Crippen LogP contribution in [0.25, 0.3) is 0 Å². The SMILES string of the molecule is CCCC[C@H](NC(=O)[C@@H]1CCCN1)C(=O)N[C@@H](CS)C(=O)N[C@H](C(=O)N[C@@H](CO)C(=O)O)[C@@H](C)CC. The van der Waals surface area contributed by atoms with Crippen LogP contribution in [0.15, 0.2) is 0 Å². The molecule has 0 aromatic carbocycles. The van der Waals surface area contributed by atoms with E-state index >= 15 is 0 Å². The second kappa shape index (κ2) is 16.4. The molecule has 0 bridgehead atoms. The molecule has 0 spiro atoms. The van der Waals surface area contributed by atoms with Gasteiger partial charge in [-0.2, -0.15) is 12.6 Å². The second-order valence-electron chi connectivity index (χ2n) is 9.05. The minimum atomic E-state index is -1.52. The highest BCUT2D eigenvalue weighted by molar-refractivity contribution is 7.80. The van der Waals surface area contributed by atoms with E-state index in [2.05, 4.69) is 39.2 Å². The summed E-state index contributed by atoms with van der Waals surface area (Å²) in [6, 6.07) is -4.89. The van der Waals surface area contributed by atoms with Crippen molar-refractivity contribution in [2.45, 2.75) is 89.5 Å². The van der Waals surface area contributed by atoms with Crippen LogP contribution in [0.1, 0.15) is 59.3 Å². The maximum absolute atomic E-state index is 13.0. The third kappa shape index (κ3) is 9.94. The molecule has 12 nitrogen and oxygen atoms in total. The molecule has 1 fully saturated rings. The summed E-state index contributed by atoms with van der Waals surface area (Å²) in [7, 11) is 0. The van der Waals surface area contributed by atoms with Crippen LogP contribution in [-0.2, 0) is 24.0 Å². The Balaban J connectivity index is 2.90. The number of thiol groups is 1. The minimum Gasteiger partial charge on any atom is -0.480 e. The van der Waals surface area contributed by atoms with Gasteiger partial charge < -0.3 is 36.8 Å². The van der Waals surface area contributed by atoms with Gasteiger partial charge in [0.25, 0.3) is 0 Å². The molecule has 0 unspecified atom stereocenters. The lowest BCUT2D eigenvalue weighted by molar-refractivity contribution is -0.143. The molecular formula is C23H41N5O7S. The molecule has 0 aliphatic carbocycles. The topological polar surface area (TPSA) is 186 Å². The van der Waals surface area contributed by atoms with Gasteiger partial charge >= 0.3 is 5.97 Å². The molecule has 4 amide bonds. The molecular weight excluding hydrogens is 490 g/mol. The molecule has 1 aliphatic heterocycles. The van der Waals surface area contributed by atoms with E-state index < -0.39 is 54.5 Å². The van der Waals surface area contributed by atoms with Crippen molar-refractivity contribution in [1.29, 1.82) is 0 Å². The summed E-state index contributed by atoms with van der Waals surface area (Å²) in [5.74, 6) is -4.07. The average Bonchev–Trinajstić information content (AvgIpc) is 3.40. The largest absolute Gasteiger partial charge is 0.480 e. The summed E-state index contributed by atoms with van der Waals surface area (Å²) in [6.07, 6.45) is 3.97. The number of aliphatic hydroxyl groups is 1. The Bertz CT molecular complexity index is 763. The van der Waals surface area contributed by atoms with Crippen molar-refractivity contribution in [3.8, 4) is 0 Å². The van der Waals surface area contributed by atoms with E-state index in [-0.39, 0.29) is 23.6 Å². The Kier molecular flexibility index (Phi) is 14.4. The van der Waals surface area contributed by atoms with Crippen LogP contribution < -0.4 is 26.6 Å². The van der Waals surface area contributed by atoms with E-state index in [1.165, 1.54) is 0 Å². The van der Waals surface area contributed by atoms with Gasteiger partial charge in [-0.05, 0) is 31.7 Å². The number of carbonyl (C=O) groups excluding carboxylic acids is 4. The van der Waals surface area contributed by atoms with Crippen molar-refractivity contribution in [2.24, 2.45) is 5.92 Å². The number of aliphatic carboxylic acids is 1. The number of amides is 4. The van der Waals surface area contributed by atoms with E-state index in [9.17, 15) is 29.1 Å². The number of hydrogen-bond donors (Lipinski definition) is 8. The van der Waals surface area contributed by atoms with Gasteiger partial charge in [0.2, 0.25) is 23.6 Å². The van der Waals surface area contributed by atoms with Crippen LogP contribution >= 0.6 is 12.6 Å². The Morgan fingerprint density at radius 1 is 0.972 bits per heavy atom. The van der Waals surface area contributed by atoms with Gasteiger partial charge in [-0.25, -0.2) is 4.79 Å². The maximum atomic E-state index is 13.0. The minimum absolute atomic E-state index is 0.0700. The van der Waals surface area contributed by atoms with Crippen LogP contribution in [-0.4, -0.2) is 88.9 Å². The zero-order valence-electron chi connectivity index (χ0n) is 21.2. The van der Waals surface area contributed by atoms with Crippen LogP contribution in [0, 0.1) is 5.92 Å². The van der Waals surface area contributed by atoms with Crippen molar-refractivity contribution in [2.75, 3.05) is 18.9 Å². The number of hydrogen-bond acceptors (Lipinski definition) is 8. The van der Waals surface area contributed by atoms with Gasteiger partial charge in [-0.3, -0.25) is 19.2 Å². The molecule has 1 heterocycles. The molecule has 1 rings (SSSR count). The predicted molar refractivity (Wildman–Crippen MR) is 136 cm³/mol. The lowest BCUT2D eigenvalue weighted by atomic mass is 9.97. The van der Waals surface area contributed by atoms with Crippen molar-refractivity contribution in [3.05, 3.63) is 0 Å². The van der Waals surface area contributed by atoms with Gasteiger partial charge in [-0.1, -0.05) is 40.0 Å². The zero-order valence-corrected chi connectivity index (χ0v) is 22.1. The number of rotatable bonds is 16. The first-order valence-corrected chi connectivity index (χ1v) is 13.1. The van der Waals surface area contributed by atoms with Gasteiger partial charge in [0, 0.05) is 5.75 Å². The highest BCUT2D eigenvalue weighted by atomic mass is 32.1. The fourth-order valence-corrected chi connectivity index (χ4v) is 3.98. The van der Waals surface area contributed by atoms with Gasteiger partial charge in [0.1, 0.15) is 24.2 Å². The molecule has 1 saturated heterocycles. The van der Waals surface area contributed by atoms with Gasteiger partial charge in [0.05, 0.1) is 12.6 Å². The van der Waals surface area contributed by atoms with Crippen LogP contribution in [0.5, 0.6) is 0 Å². The number of nitrogens with one attached hydrogen (secondary N) is 5. The highest BCUT2D eigenvalue weighted by Gasteiger charge is 2.33. The molecule has 0 aromatic heterocycles. The molecule has 1 aliphatic rings. The molecule has 13 heteroatoms. The lowest BCUT2D eigenvalue weighted by Crippen LogP contribution is -2.60. The molecule has 7 N–H and O–H groups in total. The summed E-state index contributed by atoms with van der Waals surface area (Å²) in [5.41, 5.74) is 0. The van der Waals surface area contributed by atoms with Gasteiger partial charge in [-0.15, -0.1) is 0 Å². The normalized spacial score (nSPS) is 19.3. The summed E-state index contributed by atoms with van der Waals surface area (Å²) >= 11 is 4.17. The van der Waals surface area contributed by atoms with Crippen molar-refractivity contribution < 1.29 is 34.2 Å². The van der Waals surface area contributed by atoms with Crippen LogP contribution in [0.4, 0.5) is 0 Å². The summed E-state index contributed by atoms with van der Waals surface area (Å²) < 4.78 is 0. The van der Waals surface area contributed by atoms with E-state index in [1.807, 2.05) is 6.92 Å². The molecule has 0 aromatic rings. The van der Waals surface area contributed by atoms with E-state index in [1.54, 1.807) is 13.8 Å². The monoisotopic (exact) mass is 531 g/mol. The quantitative estimate of drug-likeness (QED) is 0.116. The van der Waals surface area contributed by atoms with E-state index in [0.29, 0.717) is 25.7 Å².